The molecule has 1 saturated carbocycles. The maximum Gasteiger partial charge on any atom is 0.0806 e. The van der Waals surface area contributed by atoms with Crippen molar-refractivity contribution in [2.45, 2.75) is 51.6 Å². The van der Waals surface area contributed by atoms with E-state index >= 15 is 0 Å². The van der Waals surface area contributed by atoms with Crippen LogP contribution in [0.5, 0.6) is 0 Å². The lowest BCUT2D eigenvalue weighted by atomic mass is 9.79. The molecule has 0 bridgehead atoms. The van der Waals surface area contributed by atoms with Gasteiger partial charge in [-0.15, -0.1) is 0 Å². The van der Waals surface area contributed by atoms with E-state index in [-0.39, 0.29) is 5.60 Å². The second kappa shape index (κ2) is 10.6. The molecule has 0 saturated heterocycles. The Bertz CT molecular complexity index is 222. The maximum atomic E-state index is 6.25. The van der Waals surface area contributed by atoms with Gasteiger partial charge in [-0.25, -0.2) is 0 Å². The number of nitrogens with one attached hydrogen (secondary N) is 1. The second-order valence-electron chi connectivity index (χ2n) is 5.95. The molecule has 0 aromatic rings. The normalized spacial score (nSPS) is 26.9. The predicted octanol–water partition coefficient (Wildman–Crippen LogP) is 2.61. The van der Waals surface area contributed by atoms with Crippen LogP contribution >= 0.6 is 0 Å². The minimum absolute atomic E-state index is 0.0645. The number of hydrogen-bond donors (Lipinski definition) is 1. The summed E-state index contributed by atoms with van der Waals surface area (Å²) in [6.45, 7) is 9.41. The molecular formula is C16H33NO3. The van der Waals surface area contributed by atoms with Gasteiger partial charge in [-0.2, -0.15) is 0 Å². The van der Waals surface area contributed by atoms with E-state index in [4.69, 9.17) is 14.2 Å². The summed E-state index contributed by atoms with van der Waals surface area (Å²) in [4.78, 5) is 0. The molecule has 0 aromatic carbocycles. The third-order valence-electron chi connectivity index (χ3n) is 4.16. The Hall–Kier alpha value is -0.160. The fraction of sp³-hybridized carbons (Fsp3) is 1.00. The number of ether oxygens (including phenoxy) is 3. The van der Waals surface area contributed by atoms with Crippen LogP contribution in [0.2, 0.25) is 0 Å². The lowest BCUT2D eigenvalue weighted by molar-refractivity contribution is -0.0804. The summed E-state index contributed by atoms with van der Waals surface area (Å²) in [5.74, 6) is 0.853. The molecule has 120 valence electrons. The van der Waals surface area contributed by atoms with Crippen LogP contribution in [0.25, 0.3) is 0 Å². The van der Waals surface area contributed by atoms with Gasteiger partial charge in [0, 0.05) is 26.9 Å². The summed E-state index contributed by atoms with van der Waals surface area (Å²) in [5, 5.41) is 3.47. The van der Waals surface area contributed by atoms with E-state index in [0.717, 1.165) is 38.6 Å². The van der Waals surface area contributed by atoms with Crippen LogP contribution in [0.3, 0.4) is 0 Å². The zero-order valence-corrected chi connectivity index (χ0v) is 13.6. The van der Waals surface area contributed by atoms with Crippen molar-refractivity contribution in [2.24, 2.45) is 5.92 Å². The van der Waals surface area contributed by atoms with Crippen molar-refractivity contribution < 1.29 is 14.2 Å². The smallest absolute Gasteiger partial charge is 0.0806 e. The minimum Gasteiger partial charge on any atom is -0.382 e. The molecule has 1 aliphatic rings. The zero-order chi connectivity index (χ0) is 14.7. The lowest BCUT2D eigenvalue weighted by Gasteiger charge is -2.39. The van der Waals surface area contributed by atoms with Crippen LogP contribution in [0.1, 0.15) is 46.0 Å². The van der Waals surface area contributed by atoms with Gasteiger partial charge < -0.3 is 19.5 Å². The second-order valence-corrected chi connectivity index (χ2v) is 5.95. The van der Waals surface area contributed by atoms with Crippen molar-refractivity contribution in [3.63, 3.8) is 0 Å². The molecule has 0 aromatic heterocycles. The summed E-state index contributed by atoms with van der Waals surface area (Å²) in [5.41, 5.74) is 0.0645. The van der Waals surface area contributed by atoms with Crippen LogP contribution in [-0.2, 0) is 14.2 Å². The Morgan fingerprint density at radius 2 is 1.85 bits per heavy atom. The molecule has 1 rings (SSSR count). The first kappa shape index (κ1) is 17.9. The van der Waals surface area contributed by atoms with Gasteiger partial charge in [-0.3, -0.25) is 0 Å². The van der Waals surface area contributed by atoms with Crippen molar-refractivity contribution >= 4 is 0 Å². The zero-order valence-electron chi connectivity index (χ0n) is 13.6. The van der Waals surface area contributed by atoms with Gasteiger partial charge in [0.05, 0.1) is 18.8 Å². The van der Waals surface area contributed by atoms with Gasteiger partial charge in [0.25, 0.3) is 0 Å². The van der Waals surface area contributed by atoms with Crippen molar-refractivity contribution in [1.29, 1.82) is 0 Å². The van der Waals surface area contributed by atoms with Gasteiger partial charge >= 0.3 is 0 Å². The van der Waals surface area contributed by atoms with Crippen molar-refractivity contribution in [2.75, 3.05) is 46.6 Å². The monoisotopic (exact) mass is 287 g/mol. The molecule has 0 aliphatic heterocycles. The first-order chi connectivity index (χ1) is 9.72. The third kappa shape index (κ3) is 7.02. The Labute approximate surface area is 124 Å². The van der Waals surface area contributed by atoms with E-state index in [1.54, 1.807) is 7.11 Å². The van der Waals surface area contributed by atoms with Crippen molar-refractivity contribution in [3.8, 4) is 0 Å². The summed E-state index contributed by atoms with van der Waals surface area (Å²) >= 11 is 0. The van der Waals surface area contributed by atoms with E-state index < -0.39 is 0 Å². The highest BCUT2D eigenvalue weighted by Crippen LogP contribution is 2.34. The fourth-order valence-corrected chi connectivity index (χ4v) is 2.71. The molecule has 0 spiro atoms. The van der Waals surface area contributed by atoms with E-state index in [0.29, 0.717) is 13.2 Å². The number of likely N-dealkylation sites (N-methyl/N-ethyl adjacent to an activating group) is 1. The number of methoxy groups -OCH3 is 1. The molecule has 4 heteroatoms. The molecule has 0 radical (unpaired) electrons. The molecule has 4 nitrogen and oxygen atoms in total. The van der Waals surface area contributed by atoms with Crippen LogP contribution in [0.4, 0.5) is 0 Å². The highest BCUT2D eigenvalue weighted by atomic mass is 16.5. The standard InChI is InChI=1S/C16H33NO3/c1-4-17-14-16(8-6-15(2)7-9-16)20-11-5-10-19-13-12-18-3/h15,17H,4-14H2,1-3H3. The van der Waals surface area contributed by atoms with Crippen LogP contribution < -0.4 is 5.32 Å². The summed E-state index contributed by atoms with van der Waals surface area (Å²) in [6, 6.07) is 0. The van der Waals surface area contributed by atoms with E-state index in [2.05, 4.69) is 19.2 Å². The maximum absolute atomic E-state index is 6.25. The first-order valence-corrected chi connectivity index (χ1v) is 8.14. The molecule has 0 unspecified atom stereocenters. The quantitative estimate of drug-likeness (QED) is 0.593. The average Bonchev–Trinajstić information content (AvgIpc) is 2.47. The predicted molar refractivity (Wildman–Crippen MR) is 82.2 cm³/mol. The Kier molecular flexibility index (Phi) is 9.44. The molecule has 1 aliphatic carbocycles. The molecule has 1 N–H and O–H groups in total. The van der Waals surface area contributed by atoms with E-state index in [9.17, 15) is 0 Å². The van der Waals surface area contributed by atoms with Crippen molar-refractivity contribution in [3.05, 3.63) is 0 Å². The van der Waals surface area contributed by atoms with Crippen LogP contribution in [-0.4, -0.2) is 52.2 Å². The Morgan fingerprint density at radius 1 is 1.10 bits per heavy atom. The summed E-state index contributed by atoms with van der Waals surface area (Å²) in [7, 11) is 1.70. The lowest BCUT2D eigenvalue weighted by Crippen LogP contribution is -2.46. The molecule has 20 heavy (non-hydrogen) atoms. The minimum atomic E-state index is 0.0645. The van der Waals surface area contributed by atoms with Crippen LogP contribution in [0, 0.1) is 5.92 Å². The molecular weight excluding hydrogens is 254 g/mol. The largest absolute Gasteiger partial charge is 0.382 e. The summed E-state index contributed by atoms with van der Waals surface area (Å²) < 4.78 is 16.7. The first-order valence-electron chi connectivity index (χ1n) is 8.14. The van der Waals surface area contributed by atoms with E-state index in [1.807, 2.05) is 0 Å². The Balaban J connectivity index is 2.20. The molecule has 0 amide bonds. The fourth-order valence-electron chi connectivity index (χ4n) is 2.71. The van der Waals surface area contributed by atoms with Crippen molar-refractivity contribution in [1.82, 2.24) is 5.32 Å². The third-order valence-corrected chi connectivity index (χ3v) is 4.16. The molecule has 0 heterocycles. The van der Waals surface area contributed by atoms with Gasteiger partial charge in [-0.1, -0.05) is 13.8 Å². The number of hydrogen-bond acceptors (Lipinski definition) is 4. The highest BCUT2D eigenvalue weighted by molar-refractivity contribution is 4.88. The summed E-state index contributed by atoms with van der Waals surface area (Å²) in [6.07, 6.45) is 5.91. The number of rotatable bonds is 11. The SMILES string of the molecule is CCNCC1(OCCCOCCOC)CCC(C)CC1. The topological polar surface area (TPSA) is 39.7 Å². The van der Waals surface area contributed by atoms with Crippen LogP contribution in [0.15, 0.2) is 0 Å². The molecule has 0 atom stereocenters. The Morgan fingerprint density at radius 3 is 2.50 bits per heavy atom. The van der Waals surface area contributed by atoms with E-state index in [1.165, 1.54) is 25.7 Å². The van der Waals surface area contributed by atoms with Gasteiger partial charge in [-0.05, 0) is 44.6 Å². The van der Waals surface area contributed by atoms with Gasteiger partial charge in [0.15, 0.2) is 0 Å². The van der Waals surface area contributed by atoms with Gasteiger partial charge in [0.2, 0.25) is 0 Å². The molecule has 1 fully saturated rings. The average molecular weight is 287 g/mol. The van der Waals surface area contributed by atoms with Gasteiger partial charge in [0.1, 0.15) is 0 Å². The highest BCUT2D eigenvalue weighted by Gasteiger charge is 2.34.